The third-order valence-corrected chi connectivity index (χ3v) is 10.3. The molecule has 9 nitrogen and oxygen atoms in total. The van der Waals surface area contributed by atoms with Gasteiger partial charge in [0, 0.05) is 49.6 Å². The number of alkyl halides is 4. The molecule has 4 aromatic rings. The number of likely N-dealkylation sites (tertiary alicyclic amines) is 1. The zero-order chi connectivity index (χ0) is 33.4. The van der Waals surface area contributed by atoms with Crippen molar-refractivity contribution >= 4 is 49.3 Å². The number of benzene rings is 2. The molecule has 3 aliphatic heterocycles. The number of halogens is 6. The molecule has 3 aliphatic rings. The average molecular weight is 678 g/mol. The van der Waals surface area contributed by atoms with Gasteiger partial charge in [0.2, 0.25) is 5.91 Å². The van der Waals surface area contributed by atoms with Crippen molar-refractivity contribution in [3.8, 4) is 17.1 Å². The molecule has 16 heteroatoms. The first kappa shape index (κ1) is 31.4. The molecule has 0 bridgehead atoms. The first-order chi connectivity index (χ1) is 22.3. The van der Waals surface area contributed by atoms with Gasteiger partial charge in [0.25, 0.3) is 0 Å². The van der Waals surface area contributed by atoms with Crippen molar-refractivity contribution in [2.24, 2.45) is 0 Å². The Morgan fingerprint density at radius 1 is 1.21 bits per heavy atom. The minimum absolute atomic E-state index is 0.00107. The molecule has 0 saturated carbocycles. The van der Waals surface area contributed by atoms with Crippen LogP contribution in [0.4, 0.5) is 37.3 Å². The predicted molar refractivity (Wildman–Crippen MR) is 165 cm³/mol. The van der Waals surface area contributed by atoms with Crippen LogP contribution in [0.5, 0.6) is 6.01 Å². The number of hydrogen-bond donors (Lipinski definition) is 1. The Hall–Kier alpha value is -4.18. The Bertz CT molecular complexity index is 1930. The van der Waals surface area contributed by atoms with Gasteiger partial charge in [0.05, 0.1) is 27.4 Å². The maximum Gasteiger partial charge on any atom is 0.417 e. The lowest BCUT2D eigenvalue weighted by molar-refractivity contribution is -0.137. The number of aromatic nitrogens is 3. The Labute approximate surface area is 268 Å². The van der Waals surface area contributed by atoms with Crippen molar-refractivity contribution in [1.82, 2.24) is 24.8 Å². The number of nitrogen functional groups attached to an aromatic ring is 1. The summed E-state index contributed by atoms with van der Waals surface area (Å²) in [7, 11) is 1.58. The topological polar surface area (TPSA) is 101 Å². The van der Waals surface area contributed by atoms with E-state index in [0.717, 1.165) is 42.0 Å². The summed E-state index contributed by atoms with van der Waals surface area (Å²) in [5, 5.41) is -0.348. The number of carbonyl (C=O) groups excluding carboxylic acids is 1. The Balaban J connectivity index is 1.40. The lowest BCUT2D eigenvalue weighted by atomic mass is 9.94. The number of hydrogen-bond acceptors (Lipinski definition) is 9. The van der Waals surface area contributed by atoms with Crippen LogP contribution in [-0.2, 0) is 11.0 Å². The van der Waals surface area contributed by atoms with Gasteiger partial charge in [-0.25, -0.2) is 18.2 Å². The summed E-state index contributed by atoms with van der Waals surface area (Å²) in [4.78, 5) is 29.9. The number of fused-ring (bicyclic) bond motifs is 3. The number of thiazole rings is 1. The van der Waals surface area contributed by atoms with E-state index in [1.807, 2.05) is 4.90 Å². The molecule has 2 N–H and O–H groups in total. The predicted octanol–water partition coefficient (Wildman–Crippen LogP) is 5.57. The van der Waals surface area contributed by atoms with E-state index in [4.69, 9.17) is 10.5 Å². The van der Waals surface area contributed by atoms with Crippen molar-refractivity contribution in [2.45, 2.75) is 43.2 Å². The third-order valence-electron chi connectivity index (χ3n) is 9.44. The fraction of sp³-hybridized carbons (Fsp3) is 0.419. The number of carbonyl (C=O) groups is 1. The number of likely N-dealkylation sites (N-methyl/N-ethyl adjacent to an activating group) is 1. The lowest BCUT2D eigenvalue weighted by Gasteiger charge is -2.44. The second-order valence-corrected chi connectivity index (χ2v) is 13.3. The zero-order valence-electron chi connectivity index (χ0n) is 25.1. The summed E-state index contributed by atoms with van der Waals surface area (Å²) >= 11 is 0.732. The van der Waals surface area contributed by atoms with Crippen molar-refractivity contribution in [3.63, 3.8) is 0 Å². The van der Waals surface area contributed by atoms with Gasteiger partial charge in [-0.3, -0.25) is 9.69 Å². The Morgan fingerprint density at radius 3 is 2.70 bits per heavy atom. The summed E-state index contributed by atoms with van der Waals surface area (Å²) < 4.78 is 96.0. The van der Waals surface area contributed by atoms with Crippen LogP contribution in [0.3, 0.4) is 0 Å². The largest absolute Gasteiger partial charge is 0.461 e. The average Bonchev–Trinajstić information content (AvgIpc) is 3.66. The van der Waals surface area contributed by atoms with Crippen LogP contribution >= 0.6 is 11.3 Å². The quantitative estimate of drug-likeness (QED) is 0.200. The van der Waals surface area contributed by atoms with Crippen LogP contribution in [0, 0.1) is 11.6 Å². The molecule has 3 saturated heterocycles. The molecule has 0 spiro atoms. The van der Waals surface area contributed by atoms with Crippen LogP contribution < -0.4 is 15.4 Å². The summed E-state index contributed by atoms with van der Waals surface area (Å²) in [5.74, 6) is -2.45. The zero-order valence-corrected chi connectivity index (χ0v) is 25.9. The van der Waals surface area contributed by atoms with Gasteiger partial charge < -0.3 is 20.3 Å². The smallest absolute Gasteiger partial charge is 0.417 e. The van der Waals surface area contributed by atoms with Crippen molar-refractivity contribution in [3.05, 3.63) is 48.1 Å². The second kappa shape index (κ2) is 11.2. The molecule has 1 amide bonds. The maximum atomic E-state index is 16.8. The second-order valence-electron chi connectivity index (χ2n) is 12.2. The summed E-state index contributed by atoms with van der Waals surface area (Å²) in [6.45, 7) is 4.89. The highest BCUT2D eigenvalue weighted by molar-refractivity contribution is 7.22. The fourth-order valence-electron chi connectivity index (χ4n) is 7.04. The Morgan fingerprint density at radius 2 is 1.98 bits per heavy atom. The molecule has 0 aliphatic carbocycles. The van der Waals surface area contributed by atoms with Gasteiger partial charge in [0.15, 0.2) is 10.9 Å². The van der Waals surface area contributed by atoms with E-state index in [9.17, 15) is 26.7 Å². The number of ether oxygens (including phenoxy) is 1. The minimum Gasteiger partial charge on any atom is -0.461 e. The van der Waals surface area contributed by atoms with E-state index in [1.54, 1.807) is 11.9 Å². The van der Waals surface area contributed by atoms with Crippen molar-refractivity contribution in [2.75, 3.05) is 50.5 Å². The highest BCUT2D eigenvalue weighted by atomic mass is 32.1. The van der Waals surface area contributed by atoms with Gasteiger partial charge in [-0.05, 0) is 43.7 Å². The molecule has 2 aromatic carbocycles. The van der Waals surface area contributed by atoms with E-state index in [0.29, 0.717) is 13.0 Å². The highest BCUT2D eigenvalue weighted by Crippen LogP contribution is 2.46. The molecule has 2 atom stereocenters. The molecular formula is C31H29F6N7O2S. The lowest BCUT2D eigenvalue weighted by Crippen LogP contribution is -2.60. The van der Waals surface area contributed by atoms with Crippen molar-refractivity contribution < 1.29 is 35.9 Å². The van der Waals surface area contributed by atoms with Crippen LogP contribution in [0.2, 0.25) is 0 Å². The standard InChI is InChI=1S/C31H29F6N7O2S/c1-3-21(45)43-12-16(13-43)42(2)27-18-9-19(31(35,36)37)22(17-5-6-20(33)26-25(17)39-28(38)47-26)23(34)24(18)40-29(41-27)46-14-30-7-4-8-44(30)11-15(32)10-30/h3,5-6,9,15-16H,1,4,7-8,10-14H2,2H3,(H2,38,39). The highest BCUT2D eigenvalue weighted by Gasteiger charge is 2.49. The van der Waals surface area contributed by atoms with E-state index >= 15 is 4.39 Å². The number of rotatable bonds is 7. The van der Waals surface area contributed by atoms with Gasteiger partial charge in [-0.15, -0.1) is 0 Å². The molecule has 2 aromatic heterocycles. The first-order valence-corrected chi connectivity index (χ1v) is 15.7. The summed E-state index contributed by atoms with van der Waals surface area (Å²) in [6.07, 6.45) is -3.17. The Kier molecular flexibility index (Phi) is 7.50. The van der Waals surface area contributed by atoms with Gasteiger partial charge >= 0.3 is 12.2 Å². The van der Waals surface area contributed by atoms with Crippen LogP contribution in [0.25, 0.3) is 32.2 Å². The van der Waals surface area contributed by atoms with Gasteiger partial charge in [0.1, 0.15) is 29.9 Å². The fourth-order valence-corrected chi connectivity index (χ4v) is 7.80. The van der Waals surface area contributed by atoms with Gasteiger partial charge in [-0.1, -0.05) is 17.9 Å². The SMILES string of the molecule is C=CC(=O)N1CC(N(C)c2nc(OCC34CCCN3CC(F)C4)nc3c(F)c(-c4ccc(F)c5sc(N)nc45)c(C(F)(F)F)cc23)C1. The summed E-state index contributed by atoms with van der Waals surface area (Å²) in [6, 6.07) is 2.06. The van der Waals surface area contributed by atoms with E-state index in [1.165, 1.54) is 4.90 Å². The number of amides is 1. The molecule has 47 heavy (non-hydrogen) atoms. The first-order valence-electron chi connectivity index (χ1n) is 14.9. The molecule has 3 fully saturated rings. The van der Waals surface area contributed by atoms with Crippen LogP contribution in [-0.4, -0.2) is 88.2 Å². The molecular weight excluding hydrogens is 648 g/mol. The van der Waals surface area contributed by atoms with E-state index in [2.05, 4.69) is 21.5 Å². The molecule has 0 radical (unpaired) electrons. The van der Waals surface area contributed by atoms with Gasteiger partial charge in [-0.2, -0.15) is 23.1 Å². The molecule has 7 rings (SSSR count). The van der Waals surface area contributed by atoms with Crippen LogP contribution in [0.15, 0.2) is 30.9 Å². The van der Waals surface area contributed by atoms with E-state index < -0.39 is 46.2 Å². The number of anilines is 2. The number of nitrogens with two attached hydrogens (primary N) is 1. The number of nitrogens with zero attached hydrogens (tertiary/aromatic N) is 6. The maximum absolute atomic E-state index is 16.8. The molecule has 5 heterocycles. The molecule has 2 unspecified atom stereocenters. The third kappa shape index (κ3) is 5.21. The molecule has 248 valence electrons. The summed E-state index contributed by atoms with van der Waals surface area (Å²) in [5.41, 5.74) is 1.96. The normalized spacial score (nSPS) is 21.8. The van der Waals surface area contributed by atoms with Crippen LogP contribution in [0.1, 0.15) is 24.8 Å². The van der Waals surface area contributed by atoms with E-state index in [-0.39, 0.29) is 82.7 Å². The van der Waals surface area contributed by atoms with Crippen molar-refractivity contribution in [1.29, 1.82) is 0 Å². The monoisotopic (exact) mass is 677 g/mol. The minimum atomic E-state index is -5.06.